The summed E-state index contributed by atoms with van der Waals surface area (Å²) >= 11 is 5.76. The third kappa shape index (κ3) is 3.30. The molecular formula is C15H19NS3. The Labute approximate surface area is 128 Å². The largest absolute Gasteiger partial charge is 0.318 e. The maximum Gasteiger partial charge on any atom is 0.0905 e. The Morgan fingerprint density at radius 3 is 2.53 bits per heavy atom. The lowest BCUT2D eigenvalue weighted by Gasteiger charge is -2.17. The molecule has 2 rings (SSSR count). The molecule has 0 amide bonds. The van der Waals surface area contributed by atoms with E-state index in [0.717, 1.165) is 11.5 Å². The molecule has 0 aliphatic rings. The lowest BCUT2D eigenvalue weighted by Crippen LogP contribution is -1.99. The molecule has 0 spiro atoms. The number of thiophene rings is 1. The molecule has 0 atom stereocenters. The highest BCUT2D eigenvalue weighted by Crippen LogP contribution is 2.41. The number of thioether (sulfide) groups is 2. The highest BCUT2D eigenvalue weighted by molar-refractivity contribution is 8.16. The summed E-state index contributed by atoms with van der Waals surface area (Å²) in [6.45, 7) is 8.42. The summed E-state index contributed by atoms with van der Waals surface area (Å²) in [5.41, 5.74) is 2.59. The summed E-state index contributed by atoms with van der Waals surface area (Å²) in [5, 5.41) is 2.12. The highest BCUT2D eigenvalue weighted by atomic mass is 32.2. The zero-order valence-electron chi connectivity index (χ0n) is 11.3. The summed E-state index contributed by atoms with van der Waals surface area (Å²) in [6, 6.07) is 8.72. The minimum Gasteiger partial charge on any atom is -0.318 e. The van der Waals surface area contributed by atoms with Gasteiger partial charge in [-0.15, -0.1) is 34.9 Å². The Kier molecular flexibility index (Phi) is 5.67. The van der Waals surface area contributed by atoms with Crippen LogP contribution in [0.5, 0.6) is 0 Å². The monoisotopic (exact) mass is 309 g/mol. The number of nitrogens with zero attached hydrogens (tertiary/aromatic N) is 1. The van der Waals surface area contributed by atoms with Crippen LogP contribution in [0.1, 0.15) is 24.1 Å². The molecule has 1 nitrogen and oxygen atoms in total. The zero-order chi connectivity index (χ0) is 13.7. The Morgan fingerprint density at radius 2 is 2.00 bits per heavy atom. The van der Waals surface area contributed by atoms with Crippen LogP contribution in [0.3, 0.4) is 0 Å². The fourth-order valence-corrected chi connectivity index (χ4v) is 5.29. The van der Waals surface area contributed by atoms with E-state index in [1.807, 2.05) is 29.7 Å². The van der Waals surface area contributed by atoms with Crippen molar-refractivity contribution < 1.29 is 0 Å². The van der Waals surface area contributed by atoms with Gasteiger partial charge in [0, 0.05) is 11.9 Å². The quantitative estimate of drug-likeness (QED) is 0.594. The first kappa shape index (κ1) is 14.8. The molecule has 102 valence electrons. The van der Waals surface area contributed by atoms with Crippen LogP contribution in [0, 0.1) is 0 Å². The molecule has 0 N–H and O–H groups in total. The van der Waals surface area contributed by atoms with E-state index in [2.05, 4.69) is 54.6 Å². The minimum absolute atomic E-state index is 0.488. The molecule has 0 aliphatic heterocycles. The van der Waals surface area contributed by atoms with Crippen molar-refractivity contribution in [2.75, 3.05) is 11.5 Å². The van der Waals surface area contributed by atoms with E-state index in [1.165, 1.54) is 16.3 Å². The van der Waals surface area contributed by atoms with Gasteiger partial charge >= 0.3 is 0 Å². The maximum atomic E-state index is 3.99. The second-order valence-electron chi connectivity index (χ2n) is 3.92. The van der Waals surface area contributed by atoms with Gasteiger partial charge in [0.25, 0.3) is 0 Å². The molecule has 0 fully saturated rings. The summed E-state index contributed by atoms with van der Waals surface area (Å²) in [6.07, 6.45) is 1.93. The zero-order valence-corrected chi connectivity index (χ0v) is 13.8. The molecule has 0 saturated heterocycles. The van der Waals surface area contributed by atoms with Crippen molar-refractivity contribution in [1.82, 2.24) is 4.57 Å². The van der Waals surface area contributed by atoms with Crippen molar-refractivity contribution in [3.8, 4) is 10.6 Å². The molecule has 0 aromatic carbocycles. The van der Waals surface area contributed by atoms with Gasteiger partial charge in [-0.2, -0.15) is 0 Å². The minimum atomic E-state index is 0.488. The van der Waals surface area contributed by atoms with Crippen LogP contribution in [-0.2, 0) is 0 Å². The molecule has 2 aromatic rings. The standard InChI is InChI=1S/C15H19NS3/c1-4-16-12(14-8-7-11-19-14)9-10-13(16)15(17-5-2)18-6-3/h4,7-11,15H,1,5-6H2,2-3H3. The molecule has 0 unspecified atom stereocenters. The molecular weight excluding hydrogens is 290 g/mol. The first-order valence-electron chi connectivity index (χ1n) is 6.42. The van der Waals surface area contributed by atoms with Gasteiger partial charge in [-0.1, -0.05) is 26.5 Å². The number of hydrogen-bond acceptors (Lipinski definition) is 3. The summed E-state index contributed by atoms with van der Waals surface area (Å²) in [5.74, 6) is 2.27. The Hall–Kier alpha value is -0.580. The van der Waals surface area contributed by atoms with Crippen molar-refractivity contribution in [1.29, 1.82) is 0 Å². The molecule has 0 bridgehead atoms. The average Bonchev–Trinajstić information content (AvgIpc) is 3.06. The number of rotatable bonds is 7. The van der Waals surface area contributed by atoms with E-state index in [0.29, 0.717) is 4.58 Å². The summed E-state index contributed by atoms with van der Waals surface area (Å²) in [4.78, 5) is 1.30. The Balaban J connectivity index is 2.38. The van der Waals surface area contributed by atoms with Gasteiger partial charge < -0.3 is 4.57 Å². The molecule has 0 radical (unpaired) electrons. The Bertz CT molecular complexity index is 507. The van der Waals surface area contributed by atoms with E-state index >= 15 is 0 Å². The van der Waals surface area contributed by atoms with Gasteiger partial charge in [-0.3, -0.25) is 0 Å². The normalized spacial score (nSPS) is 11.1. The van der Waals surface area contributed by atoms with Crippen LogP contribution >= 0.6 is 34.9 Å². The SMILES string of the molecule is C=Cn1c(-c2cccs2)ccc1C(SCC)SCC. The van der Waals surface area contributed by atoms with E-state index < -0.39 is 0 Å². The van der Waals surface area contributed by atoms with Gasteiger partial charge in [0.1, 0.15) is 0 Å². The molecule has 2 aromatic heterocycles. The molecule has 0 aliphatic carbocycles. The predicted molar refractivity (Wildman–Crippen MR) is 93.1 cm³/mol. The van der Waals surface area contributed by atoms with Gasteiger partial charge in [-0.25, -0.2) is 0 Å². The van der Waals surface area contributed by atoms with Gasteiger partial charge in [0.05, 0.1) is 15.2 Å². The number of aromatic nitrogens is 1. The number of hydrogen-bond donors (Lipinski definition) is 0. The molecule has 2 heterocycles. The van der Waals surface area contributed by atoms with E-state index in [9.17, 15) is 0 Å². The van der Waals surface area contributed by atoms with Crippen molar-refractivity contribution >= 4 is 41.1 Å². The molecule has 0 saturated carbocycles. The van der Waals surface area contributed by atoms with Gasteiger partial charge in [0.2, 0.25) is 0 Å². The first-order valence-corrected chi connectivity index (χ1v) is 9.40. The third-order valence-electron chi connectivity index (χ3n) is 2.78. The smallest absolute Gasteiger partial charge is 0.0905 e. The van der Waals surface area contributed by atoms with Crippen LogP contribution in [0.15, 0.2) is 36.2 Å². The van der Waals surface area contributed by atoms with E-state index in [1.54, 1.807) is 11.3 Å². The van der Waals surface area contributed by atoms with Crippen LogP contribution < -0.4 is 0 Å². The van der Waals surface area contributed by atoms with Crippen LogP contribution in [-0.4, -0.2) is 16.1 Å². The third-order valence-corrected chi connectivity index (χ3v) is 6.25. The second-order valence-corrected chi connectivity index (χ2v) is 7.93. The van der Waals surface area contributed by atoms with Crippen molar-refractivity contribution in [3.05, 3.63) is 41.9 Å². The lowest BCUT2D eigenvalue weighted by atomic mass is 10.3. The summed E-state index contributed by atoms with van der Waals surface area (Å²) < 4.78 is 2.73. The van der Waals surface area contributed by atoms with Gasteiger partial charge in [-0.05, 0) is 35.1 Å². The van der Waals surface area contributed by atoms with Gasteiger partial charge in [0.15, 0.2) is 0 Å². The first-order chi connectivity index (χ1) is 9.31. The highest BCUT2D eigenvalue weighted by Gasteiger charge is 2.17. The topological polar surface area (TPSA) is 4.93 Å². The molecule has 4 heteroatoms. The van der Waals surface area contributed by atoms with E-state index in [4.69, 9.17) is 0 Å². The van der Waals surface area contributed by atoms with Crippen LogP contribution in [0.4, 0.5) is 0 Å². The van der Waals surface area contributed by atoms with Crippen molar-refractivity contribution in [2.24, 2.45) is 0 Å². The van der Waals surface area contributed by atoms with Crippen molar-refractivity contribution in [2.45, 2.75) is 18.4 Å². The van der Waals surface area contributed by atoms with Crippen LogP contribution in [0.25, 0.3) is 16.8 Å². The fourth-order valence-electron chi connectivity index (χ4n) is 2.01. The average molecular weight is 310 g/mol. The Morgan fingerprint density at radius 1 is 1.26 bits per heavy atom. The fraction of sp³-hybridized carbons (Fsp3) is 0.333. The van der Waals surface area contributed by atoms with E-state index in [-0.39, 0.29) is 0 Å². The predicted octanol–water partition coefficient (Wildman–Crippen LogP) is 5.82. The maximum absolute atomic E-state index is 3.99. The second kappa shape index (κ2) is 7.27. The lowest BCUT2D eigenvalue weighted by molar-refractivity contribution is 1.07. The molecule has 19 heavy (non-hydrogen) atoms. The summed E-state index contributed by atoms with van der Waals surface area (Å²) in [7, 11) is 0. The van der Waals surface area contributed by atoms with Crippen LogP contribution in [0.2, 0.25) is 0 Å². The van der Waals surface area contributed by atoms with Crippen molar-refractivity contribution in [3.63, 3.8) is 0 Å².